The molecule has 172 valence electrons. The van der Waals surface area contributed by atoms with E-state index < -0.39 is 25.2 Å². The second-order valence-corrected chi connectivity index (χ2v) is 7.46. The molecule has 32 heavy (non-hydrogen) atoms. The number of hydrogen-bond acceptors (Lipinski definition) is 5. The molecule has 0 aliphatic carbocycles. The number of nitrogens with two attached hydrogens (primary N) is 1. The predicted molar refractivity (Wildman–Crippen MR) is 115 cm³/mol. The van der Waals surface area contributed by atoms with Crippen molar-refractivity contribution in [2.45, 2.75) is 51.4 Å². The summed E-state index contributed by atoms with van der Waals surface area (Å²) < 4.78 is 40.8. The fraction of sp³-hybridized carbons (Fsp3) is 0.429. The summed E-state index contributed by atoms with van der Waals surface area (Å²) in [5.41, 5.74) is 8.93. The Morgan fingerprint density at radius 2 is 2.12 bits per heavy atom. The Bertz CT molecular complexity index is 1100. The second kappa shape index (κ2) is 9.94. The Hall–Kier alpha value is -3.21. The number of halogens is 3. The molecule has 1 unspecified atom stereocenters. The topological polar surface area (TPSA) is 109 Å². The van der Waals surface area contributed by atoms with Crippen molar-refractivity contribution >= 4 is 17.3 Å². The van der Waals surface area contributed by atoms with Crippen LogP contribution in [-0.2, 0) is 0 Å². The van der Waals surface area contributed by atoms with Crippen LogP contribution in [0, 0.1) is 0 Å². The third kappa shape index (κ3) is 5.52. The summed E-state index contributed by atoms with van der Waals surface area (Å²) in [5.74, 6) is 0. The normalized spacial score (nSPS) is 14.2. The van der Waals surface area contributed by atoms with Crippen LogP contribution in [0.1, 0.15) is 44.8 Å². The molecule has 3 aromatic rings. The van der Waals surface area contributed by atoms with Crippen molar-refractivity contribution in [1.29, 1.82) is 0 Å². The van der Waals surface area contributed by atoms with Crippen molar-refractivity contribution in [2.24, 2.45) is 10.7 Å². The van der Waals surface area contributed by atoms with E-state index in [0.717, 1.165) is 23.9 Å². The van der Waals surface area contributed by atoms with Crippen LogP contribution >= 0.6 is 0 Å². The summed E-state index contributed by atoms with van der Waals surface area (Å²) in [6.45, 7) is 3.82. The van der Waals surface area contributed by atoms with Gasteiger partial charge in [0.1, 0.15) is 11.4 Å². The van der Waals surface area contributed by atoms with Gasteiger partial charge in [-0.3, -0.25) is 9.67 Å². The molecule has 11 heteroatoms. The van der Waals surface area contributed by atoms with E-state index in [1.165, 1.54) is 12.4 Å². The van der Waals surface area contributed by atoms with Gasteiger partial charge >= 0.3 is 6.18 Å². The van der Waals surface area contributed by atoms with E-state index in [0.29, 0.717) is 17.0 Å². The smallest absolute Gasteiger partial charge is 0.391 e. The number of nitrogens with zero attached hydrogens (tertiary/aromatic N) is 5. The van der Waals surface area contributed by atoms with Gasteiger partial charge in [-0.1, -0.05) is 18.4 Å². The van der Waals surface area contributed by atoms with Crippen LogP contribution < -0.4 is 10.2 Å². The third-order valence-electron chi connectivity index (χ3n) is 5.12. The van der Waals surface area contributed by atoms with Gasteiger partial charge in [0.2, 0.25) is 6.20 Å². The van der Waals surface area contributed by atoms with Gasteiger partial charge in [-0.15, -0.1) is 0 Å². The Morgan fingerprint density at radius 3 is 2.78 bits per heavy atom. The van der Waals surface area contributed by atoms with Crippen molar-refractivity contribution in [3.8, 4) is 11.3 Å². The lowest BCUT2D eigenvalue weighted by Gasteiger charge is -2.12. The van der Waals surface area contributed by atoms with Gasteiger partial charge in [-0.2, -0.15) is 23.4 Å². The van der Waals surface area contributed by atoms with Crippen molar-refractivity contribution in [3.63, 3.8) is 0 Å². The Kier molecular flexibility index (Phi) is 7.29. The maximum Gasteiger partial charge on any atom is 0.391 e. The lowest BCUT2D eigenvalue weighted by Crippen LogP contribution is -2.25. The molecule has 0 aliphatic rings. The standard InChI is InChI=1S/C21H26F3N7O/c1-3-16(4-2)30-12-15(10-28-30)20-19-5-6-27-31(19)13-18(29-20)14(8-25)9-26-11-17(32)7-21(22,23)24/h5-6,8-10,12-13,16-17,32H,3-4,7,11H2,1-2H3,(H2,25,26)/p+1. The van der Waals surface area contributed by atoms with Crippen LogP contribution in [0.3, 0.4) is 0 Å². The molecule has 3 aromatic heterocycles. The van der Waals surface area contributed by atoms with Crippen LogP contribution in [-0.4, -0.2) is 50.0 Å². The van der Waals surface area contributed by atoms with Crippen molar-refractivity contribution in [1.82, 2.24) is 19.9 Å². The van der Waals surface area contributed by atoms with Crippen LogP contribution in [0.25, 0.3) is 22.3 Å². The molecule has 0 saturated carbocycles. The zero-order valence-electron chi connectivity index (χ0n) is 17.9. The highest BCUT2D eigenvalue weighted by Crippen LogP contribution is 2.25. The van der Waals surface area contributed by atoms with E-state index in [9.17, 15) is 18.3 Å². The largest absolute Gasteiger partial charge is 0.404 e. The number of aliphatic imine (C=N–C) groups is 1. The molecular formula is C21H27F3N7O+. The molecule has 1 atom stereocenters. The summed E-state index contributed by atoms with van der Waals surface area (Å²) in [4.78, 5) is 8.64. The molecule has 3 rings (SSSR count). The van der Waals surface area contributed by atoms with Crippen LogP contribution in [0.4, 0.5) is 13.2 Å². The van der Waals surface area contributed by atoms with Gasteiger partial charge in [0.25, 0.3) is 5.52 Å². The van der Waals surface area contributed by atoms with Crippen LogP contribution in [0.2, 0.25) is 0 Å². The van der Waals surface area contributed by atoms with E-state index >= 15 is 0 Å². The first kappa shape index (κ1) is 23.5. The highest BCUT2D eigenvalue weighted by Gasteiger charge is 2.30. The first-order valence-corrected chi connectivity index (χ1v) is 10.4. The highest BCUT2D eigenvalue weighted by molar-refractivity contribution is 6.08. The number of aliphatic hydroxyl groups excluding tert-OH is 1. The predicted octanol–water partition coefficient (Wildman–Crippen LogP) is 3.06. The quantitative estimate of drug-likeness (QED) is 0.344. The first-order chi connectivity index (χ1) is 15.3. The second-order valence-electron chi connectivity index (χ2n) is 7.46. The number of nitrogens with one attached hydrogen (secondary N) is 1. The summed E-state index contributed by atoms with van der Waals surface area (Å²) >= 11 is 0. The number of aromatic amines is 1. The van der Waals surface area contributed by atoms with Gasteiger partial charge < -0.3 is 10.8 Å². The number of rotatable bonds is 9. The molecule has 0 aromatic carbocycles. The molecule has 0 radical (unpaired) electrons. The van der Waals surface area contributed by atoms with Gasteiger partial charge in [0.05, 0.1) is 37.5 Å². The Balaban J connectivity index is 1.90. The molecule has 0 spiro atoms. The molecular weight excluding hydrogens is 423 g/mol. The van der Waals surface area contributed by atoms with E-state index in [2.05, 4.69) is 29.0 Å². The lowest BCUT2D eigenvalue weighted by molar-refractivity contribution is -0.576. The monoisotopic (exact) mass is 450 g/mol. The number of alkyl halides is 3. The van der Waals surface area contributed by atoms with Gasteiger partial charge in [-0.05, 0) is 12.8 Å². The summed E-state index contributed by atoms with van der Waals surface area (Å²) in [7, 11) is 0. The summed E-state index contributed by atoms with van der Waals surface area (Å²) in [6, 6.07) is 2.17. The zero-order chi connectivity index (χ0) is 23.3. The van der Waals surface area contributed by atoms with Gasteiger partial charge in [0.15, 0.2) is 0 Å². The minimum Gasteiger partial charge on any atom is -0.404 e. The molecule has 0 fully saturated rings. The average molecular weight is 450 g/mol. The number of allylic oxidation sites excluding steroid dienone is 1. The maximum atomic E-state index is 12.4. The SMILES string of the molecule is CCC(CC)n1cc(-c2nc(C(C=NCC(O)CC(F)(F)F)=CN)c[n+]3[nH]ccc23)cn1. The highest BCUT2D eigenvalue weighted by atomic mass is 19.4. The Morgan fingerprint density at radius 1 is 1.38 bits per heavy atom. The maximum absolute atomic E-state index is 12.4. The van der Waals surface area contributed by atoms with Gasteiger partial charge in [0, 0.05) is 35.8 Å². The number of aliphatic hydroxyl groups is 1. The fourth-order valence-electron chi connectivity index (χ4n) is 3.45. The van der Waals surface area contributed by atoms with E-state index in [1.54, 1.807) is 23.1 Å². The number of hydrogen-bond donors (Lipinski definition) is 3. The number of H-pyrrole nitrogens is 1. The minimum atomic E-state index is -4.45. The zero-order valence-corrected chi connectivity index (χ0v) is 17.9. The van der Waals surface area contributed by atoms with Crippen LogP contribution in [0.5, 0.6) is 0 Å². The fourth-order valence-corrected chi connectivity index (χ4v) is 3.45. The summed E-state index contributed by atoms with van der Waals surface area (Å²) in [6.07, 6.45) is 4.28. The van der Waals surface area contributed by atoms with Crippen molar-refractivity contribution < 1.29 is 22.8 Å². The van der Waals surface area contributed by atoms with Crippen LogP contribution in [0.15, 0.2) is 42.0 Å². The summed E-state index contributed by atoms with van der Waals surface area (Å²) in [5, 5.41) is 17.1. The number of aromatic nitrogens is 5. The molecule has 0 bridgehead atoms. The van der Waals surface area contributed by atoms with E-state index in [-0.39, 0.29) is 6.04 Å². The minimum absolute atomic E-state index is 0.288. The molecule has 0 aliphatic heterocycles. The van der Waals surface area contributed by atoms with E-state index in [1.807, 2.05) is 16.9 Å². The molecule has 4 N–H and O–H groups in total. The Labute approximate surface area is 183 Å². The number of fused-ring (bicyclic) bond motifs is 1. The molecule has 3 heterocycles. The van der Waals surface area contributed by atoms with Crippen molar-refractivity contribution in [2.75, 3.05) is 6.54 Å². The molecule has 8 nitrogen and oxygen atoms in total. The van der Waals surface area contributed by atoms with Crippen molar-refractivity contribution in [3.05, 3.63) is 42.7 Å². The van der Waals surface area contributed by atoms with Gasteiger partial charge in [-0.25, -0.2) is 4.98 Å². The molecule has 0 amide bonds. The van der Waals surface area contributed by atoms with E-state index in [4.69, 9.17) is 10.7 Å². The first-order valence-electron chi connectivity index (χ1n) is 10.4. The molecule has 0 saturated heterocycles. The lowest BCUT2D eigenvalue weighted by atomic mass is 10.1. The third-order valence-corrected chi connectivity index (χ3v) is 5.12. The average Bonchev–Trinajstić information content (AvgIpc) is 3.40.